The first kappa shape index (κ1) is 18.1. The van der Waals surface area contributed by atoms with Gasteiger partial charge in [0.05, 0.1) is 11.3 Å². The van der Waals surface area contributed by atoms with Gasteiger partial charge in [-0.25, -0.2) is 9.78 Å². The molecule has 0 fully saturated rings. The molecule has 0 bridgehead atoms. The maximum absolute atomic E-state index is 11.0. The Bertz CT molecular complexity index is 930. The summed E-state index contributed by atoms with van der Waals surface area (Å²) in [6.07, 6.45) is 2.05. The van der Waals surface area contributed by atoms with E-state index in [9.17, 15) is 4.79 Å². The van der Waals surface area contributed by atoms with Crippen LogP contribution in [0.5, 0.6) is 0 Å². The lowest BCUT2D eigenvalue weighted by Crippen LogP contribution is -1.96. The van der Waals surface area contributed by atoms with Crippen molar-refractivity contribution in [1.29, 1.82) is 0 Å². The molecular formula is C21H22N2O2S. The highest BCUT2D eigenvalue weighted by Crippen LogP contribution is 2.35. The first-order valence-electron chi connectivity index (χ1n) is 8.65. The van der Waals surface area contributed by atoms with Gasteiger partial charge >= 0.3 is 5.97 Å². The summed E-state index contributed by atoms with van der Waals surface area (Å²) < 4.78 is 0. The standard InChI is InChI=1S/C21H22N2O2S/c1-4-5-18-19(17-11-6-13(2)12-14(17)3)23-21(26-18)22-16-9-7-15(8-10-16)20(24)25/h6-12H,4-5H2,1-3H3,(H,22,23)(H,24,25). The number of aryl methyl sites for hydroxylation is 3. The van der Waals surface area contributed by atoms with Crippen LogP contribution < -0.4 is 5.32 Å². The Kier molecular flexibility index (Phi) is 5.38. The van der Waals surface area contributed by atoms with E-state index in [4.69, 9.17) is 10.1 Å². The van der Waals surface area contributed by atoms with E-state index in [0.717, 1.165) is 29.4 Å². The summed E-state index contributed by atoms with van der Waals surface area (Å²) in [6, 6.07) is 13.2. The van der Waals surface area contributed by atoms with Crippen LogP contribution in [0.15, 0.2) is 42.5 Å². The van der Waals surface area contributed by atoms with Gasteiger partial charge in [-0.1, -0.05) is 37.1 Å². The Morgan fingerprint density at radius 3 is 2.50 bits per heavy atom. The van der Waals surface area contributed by atoms with Crippen molar-refractivity contribution in [3.63, 3.8) is 0 Å². The van der Waals surface area contributed by atoms with E-state index in [0.29, 0.717) is 0 Å². The van der Waals surface area contributed by atoms with Crippen molar-refractivity contribution in [2.75, 3.05) is 5.32 Å². The lowest BCUT2D eigenvalue weighted by Gasteiger charge is -2.06. The Hall–Kier alpha value is -2.66. The lowest BCUT2D eigenvalue weighted by atomic mass is 10.0. The van der Waals surface area contributed by atoms with Crippen molar-refractivity contribution < 1.29 is 9.90 Å². The second-order valence-corrected chi connectivity index (χ2v) is 7.45. The normalized spacial score (nSPS) is 10.7. The number of carboxylic acid groups (broad SMARTS) is 1. The average molecular weight is 366 g/mol. The predicted molar refractivity (Wildman–Crippen MR) is 108 cm³/mol. The third-order valence-electron chi connectivity index (χ3n) is 4.19. The van der Waals surface area contributed by atoms with Crippen molar-refractivity contribution >= 4 is 28.1 Å². The van der Waals surface area contributed by atoms with E-state index in [1.54, 1.807) is 35.6 Å². The van der Waals surface area contributed by atoms with E-state index in [2.05, 4.69) is 44.3 Å². The number of hydrogen-bond donors (Lipinski definition) is 2. The molecule has 5 heteroatoms. The molecule has 134 valence electrons. The molecule has 0 spiro atoms. The molecule has 0 aliphatic heterocycles. The maximum Gasteiger partial charge on any atom is 0.335 e. The molecule has 3 rings (SSSR count). The molecule has 1 aromatic heterocycles. The summed E-state index contributed by atoms with van der Waals surface area (Å²) >= 11 is 1.66. The van der Waals surface area contributed by atoms with Gasteiger partial charge in [-0.3, -0.25) is 0 Å². The highest BCUT2D eigenvalue weighted by molar-refractivity contribution is 7.16. The first-order valence-corrected chi connectivity index (χ1v) is 9.47. The molecule has 0 atom stereocenters. The number of hydrogen-bond acceptors (Lipinski definition) is 4. The summed E-state index contributed by atoms with van der Waals surface area (Å²) in [4.78, 5) is 17.1. The highest BCUT2D eigenvalue weighted by atomic mass is 32.1. The largest absolute Gasteiger partial charge is 0.478 e. The smallest absolute Gasteiger partial charge is 0.335 e. The Morgan fingerprint density at radius 1 is 1.15 bits per heavy atom. The molecule has 1 heterocycles. The molecule has 2 N–H and O–H groups in total. The lowest BCUT2D eigenvalue weighted by molar-refractivity contribution is 0.0697. The van der Waals surface area contributed by atoms with Crippen molar-refractivity contribution in [2.45, 2.75) is 33.6 Å². The number of thiazole rings is 1. The number of rotatable bonds is 6. The van der Waals surface area contributed by atoms with Crippen LogP contribution in [0, 0.1) is 13.8 Å². The SMILES string of the molecule is CCCc1sc(Nc2ccc(C(=O)O)cc2)nc1-c1ccc(C)cc1C. The van der Waals surface area contributed by atoms with Crippen molar-refractivity contribution in [2.24, 2.45) is 0 Å². The molecular weight excluding hydrogens is 344 g/mol. The van der Waals surface area contributed by atoms with Crippen LogP contribution in [0.3, 0.4) is 0 Å². The van der Waals surface area contributed by atoms with E-state index in [-0.39, 0.29) is 5.56 Å². The molecule has 26 heavy (non-hydrogen) atoms. The fourth-order valence-corrected chi connectivity index (χ4v) is 4.01. The zero-order chi connectivity index (χ0) is 18.7. The number of nitrogens with zero attached hydrogens (tertiary/aromatic N) is 1. The van der Waals surface area contributed by atoms with Gasteiger partial charge in [0.15, 0.2) is 5.13 Å². The summed E-state index contributed by atoms with van der Waals surface area (Å²) in [5.41, 5.74) is 5.79. The molecule has 0 aliphatic rings. The summed E-state index contributed by atoms with van der Waals surface area (Å²) in [5.74, 6) is -0.923. The van der Waals surface area contributed by atoms with Gasteiger partial charge < -0.3 is 10.4 Å². The first-order chi connectivity index (χ1) is 12.5. The van der Waals surface area contributed by atoms with Gasteiger partial charge in [0.1, 0.15) is 0 Å². The quantitative estimate of drug-likeness (QED) is 0.577. The van der Waals surface area contributed by atoms with Crippen molar-refractivity contribution in [3.8, 4) is 11.3 Å². The minimum Gasteiger partial charge on any atom is -0.478 e. The zero-order valence-electron chi connectivity index (χ0n) is 15.2. The topological polar surface area (TPSA) is 62.2 Å². The second kappa shape index (κ2) is 7.70. The predicted octanol–water partition coefficient (Wildman–Crippen LogP) is 5.82. The highest BCUT2D eigenvalue weighted by Gasteiger charge is 2.15. The van der Waals surface area contributed by atoms with Crippen molar-refractivity contribution in [1.82, 2.24) is 4.98 Å². The molecule has 0 saturated heterocycles. The van der Waals surface area contributed by atoms with E-state index >= 15 is 0 Å². The van der Waals surface area contributed by atoms with E-state index in [1.165, 1.54) is 21.6 Å². The maximum atomic E-state index is 11.0. The van der Waals surface area contributed by atoms with Gasteiger partial charge in [0, 0.05) is 16.1 Å². The number of carbonyl (C=O) groups is 1. The number of aromatic carboxylic acids is 1. The van der Waals surface area contributed by atoms with Gasteiger partial charge in [0.2, 0.25) is 0 Å². The summed E-state index contributed by atoms with van der Waals surface area (Å²) in [6.45, 7) is 6.39. The number of anilines is 2. The van der Waals surface area contributed by atoms with Gasteiger partial charge in [0.25, 0.3) is 0 Å². The number of carboxylic acids is 1. The molecule has 3 aromatic rings. The average Bonchev–Trinajstić information content (AvgIpc) is 2.98. The molecule has 0 amide bonds. The molecule has 4 nitrogen and oxygen atoms in total. The molecule has 0 radical (unpaired) electrons. The zero-order valence-corrected chi connectivity index (χ0v) is 16.0. The van der Waals surface area contributed by atoms with Crippen LogP contribution in [0.25, 0.3) is 11.3 Å². The van der Waals surface area contributed by atoms with Gasteiger partial charge in [-0.05, 0) is 50.1 Å². The third kappa shape index (κ3) is 3.94. The van der Waals surface area contributed by atoms with Crippen LogP contribution >= 0.6 is 11.3 Å². The monoisotopic (exact) mass is 366 g/mol. The van der Waals surface area contributed by atoms with Crippen LogP contribution in [-0.2, 0) is 6.42 Å². The number of aromatic nitrogens is 1. The molecule has 0 saturated carbocycles. The summed E-state index contributed by atoms with van der Waals surface area (Å²) in [5, 5.41) is 13.1. The minimum absolute atomic E-state index is 0.275. The van der Waals surface area contributed by atoms with E-state index in [1.807, 2.05) is 0 Å². The Balaban J connectivity index is 1.92. The third-order valence-corrected chi connectivity index (χ3v) is 5.23. The van der Waals surface area contributed by atoms with Gasteiger partial charge in [-0.15, -0.1) is 11.3 Å². The minimum atomic E-state index is -0.923. The second-order valence-electron chi connectivity index (χ2n) is 6.37. The van der Waals surface area contributed by atoms with Crippen LogP contribution in [0.1, 0.15) is 39.7 Å². The fourth-order valence-electron chi connectivity index (χ4n) is 2.91. The Morgan fingerprint density at radius 2 is 1.88 bits per heavy atom. The number of benzene rings is 2. The van der Waals surface area contributed by atoms with E-state index < -0.39 is 5.97 Å². The van der Waals surface area contributed by atoms with Crippen LogP contribution in [-0.4, -0.2) is 16.1 Å². The Labute approximate surface area is 157 Å². The fraction of sp³-hybridized carbons (Fsp3) is 0.238. The number of nitrogens with one attached hydrogen (secondary N) is 1. The van der Waals surface area contributed by atoms with Crippen molar-refractivity contribution in [3.05, 3.63) is 64.0 Å². The van der Waals surface area contributed by atoms with Crippen LogP contribution in [0.4, 0.5) is 10.8 Å². The van der Waals surface area contributed by atoms with Crippen LogP contribution in [0.2, 0.25) is 0 Å². The molecule has 0 unspecified atom stereocenters. The molecule has 2 aromatic carbocycles. The van der Waals surface area contributed by atoms with Gasteiger partial charge in [-0.2, -0.15) is 0 Å². The summed E-state index contributed by atoms with van der Waals surface area (Å²) in [7, 11) is 0. The molecule has 0 aliphatic carbocycles.